The van der Waals surface area contributed by atoms with Gasteiger partial charge in [0.25, 0.3) is 5.56 Å². The molecule has 1 heterocycles. The maximum Gasteiger partial charge on any atom is 0.264 e. The van der Waals surface area contributed by atoms with E-state index in [9.17, 15) is 4.79 Å². The van der Waals surface area contributed by atoms with Crippen molar-refractivity contribution in [1.82, 2.24) is 9.97 Å². The second kappa shape index (κ2) is 7.23. The summed E-state index contributed by atoms with van der Waals surface area (Å²) in [6, 6.07) is 0. The van der Waals surface area contributed by atoms with Crippen molar-refractivity contribution in [2.45, 2.75) is 46.6 Å². The van der Waals surface area contributed by atoms with Gasteiger partial charge < -0.3 is 9.72 Å². The molecule has 1 atom stereocenters. The summed E-state index contributed by atoms with van der Waals surface area (Å²) in [5.41, 5.74) is 0.816. The minimum Gasteiger partial charge on any atom is -0.370 e. The zero-order chi connectivity index (χ0) is 13.7. The van der Waals surface area contributed by atoms with Crippen LogP contribution >= 0.6 is 22.6 Å². The number of hydrogen-bond acceptors (Lipinski definition) is 3. The fraction of sp³-hybridized carbons (Fsp3) is 0.692. The van der Waals surface area contributed by atoms with Gasteiger partial charge in [0.1, 0.15) is 11.9 Å². The molecule has 18 heavy (non-hydrogen) atoms. The number of nitrogens with zero attached hydrogens (tertiary/aromatic N) is 1. The number of aromatic nitrogens is 2. The molecule has 0 aliphatic heterocycles. The molecule has 0 aromatic carbocycles. The Morgan fingerprint density at radius 2 is 2.06 bits per heavy atom. The Hall–Kier alpha value is -0.430. The van der Waals surface area contributed by atoms with E-state index in [-0.39, 0.29) is 17.6 Å². The van der Waals surface area contributed by atoms with Gasteiger partial charge in [-0.25, -0.2) is 4.98 Å². The van der Waals surface area contributed by atoms with E-state index in [2.05, 4.69) is 53.3 Å². The summed E-state index contributed by atoms with van der Waals surface area (Å²) in [5.74, 6) is 0.934. The minimum atomic E-state index is -0.143. The van der Waals surface area contributed by atoms with Crippen LogP contribution in [0.25, 0.3) is 0 Å². The fourth-order valence-corrected chi connectivity index (χ4v) is 2.35. The van der Waals surface area contributed by atoms with Crippen molar-refractivity contribution >= 4 is 22.6 Å². The molecule has 0 amide bonds. The third kappa shape index (κ3) is 3.78. The van der Waals surface area contributed by atoms with Gasteiger partial charge in [0.2, 0.25) is 0 Å². The van der Waals surface area contributed by atoms with E-state index in [1.807, 2.05) is 6.92 Å². The second-order valence-electron chi connectivity index (χ2n) is 4.58. The van der Waals surface area contributed by atoms with E-state index in [0.29, 0.717) is 16.0 Å². The van der Waals surface area contributed by atoms with Crippen molar-refractivity contribution in [2.24, 2.45) is 5.92 Å². The number of nitrogens with one attached hydrogen (secondary N) is 1. The molecular formula is C13H21IN2O2. The van der Waals surface area contributed by atoms with Crippen LogP contribution < -0.4 is 5.56 Å². The van der Waals surface area contributed by atoms with Crippen LogP contribution in [0, 0.1) is 9.49 Å². The average molecular weight is 364 g/mol. The number of rotatable bonds is 6. The Balaban J connectivity index is 3.19. The number of hydrogen-bond donors (Lipinski definition) is 1. The molecule has 1 aromatic rings. The lowest BCUT2D eigenvalue weighted by Gasteiger charge is -2.20. The van der Waals surface area contributed by atoms with Gasteiger partial charge in [0.15, 0.2) is 0 Å². The SMILES string of the molecule is CCCc1nc(C(OCC)C(C)C)[nH]c(=O)c1I. The maximum atomic E-state index is 11.9. The van der Waals surface area contributed by atoms with Crippen molar-refractivity contribution < 1.29 is 4.74 Å². The Morgan fingerprint density at radius 1 is 1.39 bits per heavy atom. The molecule has 0 aliphatic rings. The highest BCUT2D eigenvalue weighted by Crippen LogP contribution is 2.23. The first-order chi connectivity index (χ1) is 8.51. The highest BCUT2D eigenvalue weighted by molar-refractivity contribution is 14.1. The topological polar surface area (TPSA) is 55.0 Å². The van der Waals surface area contributed by atoms with Crippen LogP contribution in [-0.4, -0.2) is 16.6 Å². The molecule has 1 unspecified atom stereocenters. The predicted molar refractivity (Wildman–Crippen MR) is 80.8 cm³/mol. The molecule has 0 fully saturated rings. The van der Waals surface area contributed by atoms with Crippen molar-refractivity contribution in [2.75, 3.05) is 6.61 Å². The standard InChI is InChI=1S/C13H21IN2O2/c1-5-7-9-10(14)13(17)16-12(15-9)11(8(3)4)18-6-2/h8,11H,5-7H2,1-4H3,(H,15,16,17). The van der Waals surface area contributed by atoms with E-state index in [0.717, 1.165) is 18.5 Å². The van der Waals surface area contributed by atoms with Gasteiger partial charge in [0, 0.05) is 6.61 Å². The quantitative estimate of drug-likeness (QED) is 0.790. The van der Waals surface area contributed by atoms with Gasteiger partial charge in [-0.15, -0.1) is 0 Å². The summed E-state index contributed by atoms with van der Waals surface area (Å²) in [5, 5.41) is 0. The summed E-state index contributed by atoms with van der Waals surface area (Å²) in [6.45, 7) is 8.78. The average Bonchev–Trinajstić information content (AvgIpc) is 2.31. The Bertz CT molecular complexity index is 443. The largest absolute Gasteiger partial charge is 0.370 e. The van der Waals surface area contributed by atoms with Gasteiger partial charge in [-0.05, 0) is 41.9 Å². The molecule has 0 aliphatic carbocycles. The highest BCUT2D eigenvalue weighted by atomic mass is 127. The van der Waals surface area contributed by atoms with E-state index in [4.69, 9.17) is 4.74 Å². The molecule has 0 radical (unpaired) electrons. The summed E-state index contributed by atoms with van der Waals surface area (Å²) < 4.78 is 6.37. The van der Waals surface area contributed by atoms with Gasteiger partial charge in [-0.2, -0.15) is 0 Å². The molecule has 0 bridgehead atoms. The normalized spacial score (nSPS) is 13.0. The number of aryl methyl sites for hydroxylation is 1. The molecule has 102 valence electrons. The molecule has 1 rings (SSSR count). The lowest BCUT2D eigenvalue weighted by Crippen LogP contribution is -2.23. The van der Waals surface area contributed by atoms with Crippen molar-refractivity contribution in [3.8, 4) is 0 Å². The van der Waals surface area contributed by atoms with Crippen LogP contribution in [0.5, 0.6) is 0 Å². The van der Waals surface area contributed by atoms with Crippen molar-refractivity contribution in [3.63, 3.8) is 0 Å². The Labute approximate surface area is 122 Å². The highest BCUT2D eigenvalue weighted by Gasteiger charge is 2.20. The number of halogens is 1. The molecule has 4 nitrogen and oxygen atoms in total. The molecular weight excluding hydrogens is 343 g/mol. The van der Waals surface area contributed by atoms with E-state index < -0.39 is 0 Å². The first-order valence-electron chi connectivity index (χ1n) is 6.41. The Morgan fingerprint density at radius 3 is 2.56 bits per heavy atom. The predicted octanol–water partition coefficient (Wildman–Crippen LogP) is 3.06. The van der Waals surface area contributed by atoms with Crippen LogP contribution in [0.4, 0.5) is 0 Å². The molecule has 0 saturated heterocycles. The smallest absolute Gasteiger partial charge is 0.264 e. The molecule has 1 aromatic heterocycles. The number of H-pyrrole nitrogens is 1. The summed E-state index contributed by atoms with van der Waals surface area (Å²) in [7, 11) is 0. The van der Waals surface area contributed by atoms with Crippen molar-refractivity contribution in [1.29, 1.82) is 0 Å². The summed E-state index contributed by atoms with van der Waals surface area (Å²) in [4.78, 5) is 19.3. The van der Waals surface area contributed by atoms with Crippen LogP contribution in [0.2, 0.25) is 0 Å². The van der Waals surface area contributed by atoms with Gasteiger partial charge >= 0.3 is 0 Å². The fourth-order valence-electron chi connectivity index (χ4n) is 1.83. The van der Waals surface area contributed by atoms with E-state index in [1.54, 1.807) is 0 Å². The first-order valence-corrected chi connectivity index (χ1v) is 7.49. The zero-order valence-corrected chi connectivity index (χ0v) is 13.6. The van der Waals surface area contributed by atoms with Gasteiger partial charge in [0.05, 0.1) is 9.26 Å². The summed E-state index contributed by atoms with van der Waals surface area (Å²) >= 11 is 2.06. The van der Waals surface area contributed by atoms with Crippen LogP contribution in [0.15, 0.2) is 4.79 Å². The first kappa shape index (κ1) is 15.6. The molecule has 0 saturated carbocycles. The third-order valence-corrected chi connectivity index (χ3v) is 3.77. The zero-order valence-electron chi connectivity index (χ0n) is 11.4. The summed E-state index contributed by atoms with van der Waals surface area (Å²) in [6.07, 6.45) is 1.66. The number of aromatic amines is 1. The minimum absolute atomic E-state index is 0.0607. The number of ether oxygens (including phenoxy) is 1. The van der Waals surface area contributed by atoms with E-state index in [1.165, 1.54) is 0 Å². The van der Waals surface area contributed by atoms with Crippen LogP contribution in [-0.2, 0) is 11.2 Å². The maximum absolute atomic E-state index is 11.9. The molecule has 1 N–H and O–H groups in total. The molecule has 0 spiro atoms. The van der Waals surface area contributed by atoms with Crippen molar-refractivity contribution in [3.05, 3.63) is 25.4 Å². The lowest BCUT2D eigenvalue weighted by molar-refractivity contribution is 0.0228. The van der Waals surface area contributed by atoms with Crippen LogP contribution in [0.3, 0.4) is 0 Å². The van der Waals surface area contributed by atoms with Crippen LogP contribution in [0.1, 0.15) is 51.7 Å². The monoisotopic (exact) mass is 364 g/mol. The lowest BCUT2D eigenvalue weighted by atomic mass is 10.1. The molecule has 5 heteroatoms. The van der Waals surface area contributed by atoms with Gasteiger partial charge in [-0.1, -0.05) is 27.2 Å². The third-order valence-electron chi connectivity index (χ3n) is 2.66. The second-order valence-corrected chi connectivity index (χ2v) is 5.66. The van der Waals surface area contributed by atoms with Gasteiger partial charge in [-0.3, -0.25) is 4.79 Å². The van der Waals surface area contributed by atoms with E-state index >= 15 is 0 Å². The Kier molecular flexibility index (Phi) is 6.28.